The van der Waals surface area contributed by atoms with Crippen LogP contribution in [0.25, 0.3) is 10.4 Å². The van der Waals surface area contributed by atoms with E-state index in [0.717, 1.165) is 36.9 Å². The van der Waals surface area contributed by atoms with Crippen molar-refractivity contribution < 1.29 is 9.59 Å². The van der Waals surface area contributed by atoms with Gasteiger partial charge in [-0.1, -0.05) is 37.3 Å². The van der Waals surface area contributed by atoms with E-state index < -0.39 is 5.41 Å². The molecule has 4 nitrogen and oxygen atoms in total. The number of likely N-dealkylation sites (tertiary alicyclic amines) is 1. The second-order valence-corrected chi connectivity index (χ2v) is 8.12. The van der Waals surface area contributed by atoms with Crippen LogP contribution >= 0.6 is 11.3 Å². The van der Waals surface area contributed by atoms with E-state index in [0.29, 0.717) is 19.4 Å². The lowest BCUT2D eigenvalue weighted by Gasteiger charge is -2.41. The van der Waals surface area contributed by atoms with Gasteiger partial charge in [0.1, 0.15) is 0 Å². The maximum absolute atomic E-state index is 12.4. The van der Waals surface area contributed by atoms with E-state index >= 15 is 0 Å². The van der Waals surface area contributed by atoms with Crippen molar-refractivity contribution in [3.8, 4) is 10.4 Å². The zero-order valence-corrected chi connectivity index (χ0v) is 16.1. The molecule has 0 bridgehead atoms. The molecule has 1 fully saturated rings. The van der Waals surface area contributed by atoms with Crippen molar-refractivity contribution in [3.63, 3.8) is 0 Å². The number of hydrogen-bond acceptors (Lipinski definition) is 3. The minimum Gasteiger partial charge on any atom is -0.369 e. The molecule has 5 heteroatoms. The molecule has 0 radical (unpaired) electrons. The van der Waals surface area contributed by atoms with Gasteiger partial charge >= 0.3 is 0 Å². The molecule has 3 rings (SSSR count). The van der Waals surface area contributed by atoms with Crippen molar-refractivity contribution in [3.05, 3.63) is 47.3 Å². The van der Waals surface area contributed by atoms with Crippen molar-refractivity contribution in [1.29, 1.82) is 0 Å². The van der Waals surface area contributed by atoms with E-state index in [9.17, 15) is 9.59 Å². The van der Waals surface area contributed by atoms with Gasteiger partial charge in [0, 0.05) is 24.4 Å². The predicted molar refractivity (Wildman–Crippen MR) is 106 cm³/mol. The van der Waals surface area contributed by atoms with E-state index in [1.54, 1.807) is 11.3 Å². The van der Waals surface area contributed by atoms with Gasteiger partial charge < -0.3 is 10.6 Å². The summed E-state index contributed by atoms with van der Waals surface area (Å²) < 4.78 is 0. The van der Waals surface area contributed by atoms with Gasteiger partial charge in [0.15, 0.2) is 0 Å². The van der Waals surface area contributed by atoms with Crippen molar-refractivity contribution in [1.82, 2.24) is 4.90 Å². The quantitative estimate of drug-likeness (QED) is 0.839. The van der Waals surface area contributed by atoms with Crippen LogP contribution in [0, 0.1) is 5.41 Å². The first-order valence-corrected chi connectivity index (χ1v) is 10.1. The number of carbonyl (C=O) groups excluding carboxylic acids is 2. The molecule has 26 heavy (non-hydrogen) atoms. The van der Waals surface area contributed by atoms with Crippen LogP contribution in [-0.4, -0.2) is 29.8 Å². The predicted octanol–water partition coefficient (Wildman–Crippen LogP) is 3.85. The summed E-state index contributed by atoms with van der Waals surface area (Å²) in [7, 11) is 0. The lowest BCUT2D eigenvalue weighted by Crippen LogP contribution is -2.53. The summed E-state index contributed by atoms with van der Waals surface area (Å²) in [6.45, 7) is 3.16. The van der Waals surface area contributed by atoms with Gasteiger partial charge in [-0.2, -0.15) is 0 Å². The maximum Gasteiger partial charge on any atom is 0.225 e. The highest BCUT2D eigenvalue weighted by Crippen LogP contribution is 2.35. The largest absolute Gasteiger partial charge is 0.369 e. The molecular formula is C21H26N2O2S. The number of hydrogen-bond donors (Lipinski definition) is 1. The monoisotopic (exact) mass is 370 g/mol. The normalized spacial score (nSPS) is 20.1. The Balaban J connectivity index is 1.83. The van der Waals surface area contributed by atoms with Crippen LogP contribution in [0.15, 0.2) is 41.8 Å². The summed E-state index contributed by atoms with van der Waals surface area (Å²) in [5, 5.41) is 2.06. The second kappa shape index (κ2) is 8.04. The van der Waals surface area contributed by atoms with Crippen LogP contribution in [-0.2, 0) is 16.0 Å². The van der Waals surface area contributed by atoms with E-state index in [1.807, 2.05) is 24.0 Å². The Bertz CT molecular complexity index is 772. The van der Waals surface area contributed by atoms with Gasteiger partial charge in [0.25, 0.3) is 0 Å². The summed E-state index contributed by atoms with van der Waals surface area (Å²) in [6.07, 6.45) is 3.49. The number of primary amides is 1. The zero-order valence-electron chi connectivity index (χ0n) is 15.2. The Kier molecular flexibility index (Phi) is 5.77. The van der Waals surface area contributed by atoms with Crippen LogP contribution in [0.2, 0.25) is 0 Å². The molecule has 2 amide bonds. The summed E-state index contributed by atoms with van der Waals surface area (Å²) in [6, 6.07) is 12.4. The third-order valence-corrected chi connectivity index (χ3v) is 6.11. The van der Waals surface area contributed by atoms with E-state index in [2.05, 4.69) is 29.6 Å². The average molecular weight is 371 g/mol. The van der Waals surface area contributed by atoms with E-state index in [4.69, 9.17) is 5.73 Å². The first kappa shape index (κ1) is 18.6. The second-order valence-electron chi connectivity index (χ2n) is 7.17. The van der Waals surface area contributed by atoms with Crippen LogP contribution < -0.4 is 5.73 Å². The Morgan fingerprint density at radius 2 is 2.12 bits per heavy atom. The Labute approximate surface area is 159 Å². The summed E-state index contributed by atoms with van der Waals surface area (Å²) in [5.74, 6) is -0.168. The lowest BCUT2D eigenvalue weighted by molar-refractivity contribution is -0.140. The number of rotatable bonds is 6. The number of nitrogens with two attached hydrogens (primary N) is 1. The maximum atomic E-state index is 12.4. The molecule has 2 aromatic rings. The molecule has 1 atom stereocenters. The first-order chi connectivity index (χ1) is 12.5. The van der Waals surface area contributed by atoms with Crippen molar-refractivity contribution in [2.45, 2.75) is 39.0 Å². The molecule has 138 valence electrons. The van der Waals surface area contributed by atoms with Crippen molar-refractivity contribution >= 4 is 23.2 Å². The number of benzene rings is 1. The number of carbonyl (C=O) groups is 2. The summed E-state index contributed by atoms with van der Waals surface area (Å²) in [4.78, 5) is 27.8. The van der Waals surface area contributed by atoms with E-state index in [1.165, 1.54) is 4.88 Å². The number of nitrogens with zero attached hydrogens (tertiary/aromatic N) is 1. The highest BCUT2D eigenvalue weighted by atomic mass is 32.1. The molecular weight excluding hydrogens is 344 g/mol. The fourth-order valence-corrected chi connectivity index (χ4v) is 4.54. The molecule has 0 aliphatic carbocycles. The highest BCUT2D eigenvalue weighted by Gasteiger charge is 2.42. The van der Waals surface area contributed by atoms with E-state index in [-0.39, 0.29) is 11.8 Å². The molecule has 0 spiro atoms. The van der Waals surface area contributed by atoms with Crippen molar-refractivity contribution in [2.24, 2.45) is 11.1 Å². The Hall–Kier alpha value is -2.14. The van der Waals surface area contributed by atoms with Crippen LogP contribution in [0.1, 0.15) is 38.2 Å². The molecule has 1 aromatic heterocycles. The Morgan fingerprint density at radius 1 is 1.27 bits per heavy atom. The van der Waals surface area contributed by atoms with Gasteiger partial charge in [-0.25, -0.2) is 0 Å². The molecule has 2 N–H and O–H groups in total. The molecule has 2 heterocycles. The molecule has 0 saturated carbocycles. The van der Waals surface area contributed by atoms with Crippen molar-refractivity contribution in [2.75, 3.05) is 13.1 Å². The van der Waals surface area contributed by atoms with Gasteiger partial charge in [0.2, 0.25) is 11.8 Å². The Morgan fingerprint density at radius 3 is 2.81 bits per heavy atom. The number of thiophene rings is 1. The van der Waals surface area contributed by atoms with Crippen LogP contribution in [0.3, 0.4) is 0 Å². The minimum absolute atomic E-state index is 0.130. The number of piperidine rings is 1. The van der Waals surface area contributed by atoms with Crippen LogP contribution in [0.4, 0.5) is 0 Å². The van der Waals surface area contributed by atoms with Gasteiger partial charge in [0.05, 0.1) is 5.41 Å². The lowest BCUT2D eigenvalue weighted by atomic mass is 9.74. The average Bonchev–Trinajstić information content (AvgIpc) is 3.17. The summed E-state index contributed by atoms with van der Waals surface area (Å²) >= 11 is 1.70. The van der Waals surface area contributed by atoms with Gasteiger partial charge in [-0.15, -0.1) is 11.3 Å². The SMILES string of the molecule is CCCC(=O)N1CCC[C@](Cc2cccc(-c3cccs3)c2)(C(N)=O)C1. The topological polar surface area (TPSA) is 63.4 Å². The number of amides is 2. The van der Waals surface area contributed by atoms with Gasteiger partial charge in [-0.05, 0) is 48.3 Å². The first-order valence-electron chi connectivity index (χ1n) is 9.24. The van der Waals surface area contributed by atoms with Gasteiger partial charge in [-0.3, -0.25) is 9.59 Å². The smallest absolute Gasteiger partial charge is 0.225 e. The third-order valence-electron chi connectivity index (χ3n) is 5.19. The molecule has 0 unspecified atom stereocenters. The fraction of sp³-hybridized carbons (Fsp3) is 0.429. The summed E-state index contributed by atoms with van der Waals surface area (Å²) in [5.41, 5.74) is 7.43. The molecule has 1 saturated heterocycles. The highest BCUT2D eigenvalue weighted by molar-refractivity contribution is 7.13. The fourth-order valence-electron chi connectivity index (χ4n) is 3.82. The standard InChI is InChI=1S/C21H26N2O2S/c1-2-6-19(24)23-11-5-10-21(15-23,20(22)25)14-16-7-3-8-17(13-16)18-9-4-12-26-18/h3-4,7-9,12-13H,2,5-6,10-11,14-15H2,1H3,(H2,22,25)/t21-/m1/s1. The van der Waals surface area contributed by atoms with Crippen LogP contribution in [0.5, 0.6) is 0 Å². The molecule has 1 aliphatic heterocycles. The minimum atomic E-state index is -0.671. The molecule has 1 aliphatic rings. The molecule has 1 aromatic carbocycles. The third kappa shape index (κ3) is 3.98. The zero-order chi connectivity index (χ0) is 18.6.